The Morgan fingerprint density at radius 3 is 2.35 bits per heavy atom. The van der Waals surface area contributed by atoms with Crippen LogP contribution in [0.2, 0.25) is 0 Å². The molecule has 0 aliphatic carbocycles. The Morgan fingerprint density at radius 2 is 1.77 bits per heavy atom. The molecule has 0 aliphatic rings. The summed E-state index contributed by atoms with van der Waals surface area (Å²) in [5, 5.41) is 13.7. The predicted octanol–water partition coefficient (Wildman–Crippen LogP) is 3.60. The number of hydrogen-bond acceptors (Lipinski definition) is 5. The molecule has 0 saturated carbocycles. The number of nitro benzene ring substituents is 1. The summed E-state index contributed by atoms with van der Waals surface area (Å²) < 4.78 is 63.2. The zero-order valence-corrected chi connectivity index (χ0v) is 14.2. The van der Waals surface area contributed by atoms with Crippen LogP contribution in [-0.4, -0.2) is 19.6 Å². The van der Waals surface area contributed by atoms with Crippen LogP contribution < -0.4 is 10.0 Å². The number of alkyl halides is 3. The second-order valence-electron chi connectivity index (χ2n) is 5.37. The third-order valence-electron chi connectivity index (χ3n) is 3.30. The molecule has 0 radical (unpaired) electrons. The molecule has 2 N–H and O–H groups in total. The highest BCUT2D eigenvalue weighted by Gasteiger charge is 2.33. The monoisotopic (exact) mass is 389 g/mol. The van der Waals surface area contributed by atoms with Gasteiger partial charge in [-0.2, -0.15) is 13.2 Å². The third-order valence-corrected chi connectivity index (χ3v) is 3.89. The van der Waals surface area contributed by atoms with E-state index in [0.717, 1.165) is 18.4 Å². The molecule has 0 unspecified atom stereocenters. The van der Waals surface area contributed by atoms with Crippen LogP contribution in [0.15, 0.2) is 42.5 Å². The van der Waals surface area contributed by atoms with Gasteiger partial charge in [0.15, 0.2) is 0 Å². The highest BCUT2D eigenvalue weighted by molar-refractivity contribution is 7.92. The largest absolute Gasteiger partial charge is 0.416 e. The Hall–Kier alpha value is -2.82. The van der Waals surface area contributed by atoms with Gasteiger partial charge in [0.1, 0.15) is 5.69 Å². The van der Waals surface area contributed by atoms with Gasteiger partial charge in [-0.05, 0) is 23.8 Å². The van der Waals surface area contributed by atoms with Crippen LogP contribution in [0.1, 0.15) is 11.1 Å². The Labute approximate surface area is 147 Å². The number of benzene rings is 2. The summed E-state index contributed by atoms with van der Waals surface area (Å²) in [6, 6.07) is 8.45. The first-order valence-corrected chi connectivity index (χ1v) is 9.02. The van der Waals surface area contributed by atoms with Crippen LogP contribution in [0, 0.1) is 10.1 Å². The minimum atomic E-state index is -4.70. The lowest BCUT2D eigenvalue weighted by Crippen LogP contribution is -2.13. The van der Waals surface area contributed by atoms with Crippen molar-refractivity contribution in [3.63, 3.8) is 0 Å². The van der Waals surface area contributed by atoms with Gasteiger partial charge in [-0.25, -0.2) is 8.42 Å². The molecule has 0 aliphatic heterocycles. The van der Waals surface area contributed by atoms with Gasteiger partial charge >= 0.3 is 6.18 Å². The first-order valence-electron chi connectivity index (χ1n) is 7.12. The summed E-state index contributed by atoms with van der Waals surface area (Å²) in [4.78, 5) is 10.2. The SMILES string of the molecule is CS(=O)(=O)Nc1ccccc1CNc1ccc(C(F)(F)F)cc1[N+](=O)[O-]. The zero-order chi connectivity index (χ0) is 19.5. The van der Waals surface area contributed by atoms with E-state index in [0.29, 0.717) is 11.6 Å². The maximum atomic E-state index is 12.7. The van der Waals surface area contributed by atoms with Crippen molar-refractivity contribution < 1.29 is 26.5 Å². The fourth-order valence-corrected chi connectivity index (χ4v) is 2.77. The first kappa shape index (κ1) is 19.5. The summed E-state index contributed by atoms with van der Waals surface area (Å²) in [5.74, 6) is 0. The summed E-state index contributed by atoms with van der Waals surface area (Å²) in [6.07, 6.45) is -3.73. The van der Waals surface area contributed by atoms with E-state index in [4.69, 9.17) is 0 Å². The van der Waals surface area contributed by atoms with Gasteiger partial charge < -0.3 is 5.32 Å². The Morgan fingerprint density at radius 1 is 1.12 bits per heavy atom. The van der Waals surface area contributed by atoms with E-state index in [9.17, 15) is 31.7 Å². The van der Waals surface area contributed by atoms with Crippen LogP contribution in [0.4, 0.5) is 30.2 Å². The topological polar surface area (TPSA) is 101 Å². The van der Waals surface area contributed by atoms with E-state index < -0.39 is 32.4 Å². The van der Waals surface area contributed by atoms with Crippen molar-refractivity contribution in [2.45, 2.75) is 12.7 Å². The van der Waals surface area contributed by atoms with E-state index >= 15 is 0 Å². The molecule has 0 saturated heterocycles. The van der Waals surface area contributed by atoms with Gasteiger partial charge in [0.2, 0.25) is 10.0 Å². The number of sulfonamides is 1. The molecule has 26 heavy (non-hydrogen) atoms. The van der Waals surface area contributed by atoms with Gasteiger partial charge in [0.25, 0.3) is 5.69 Å². The van der Waals surface area contributed by atoms with Crippen molar-refractivity contribution >= 4 is 27.1 Å². The number of nitrogens with zero attached hydrogens (tertiary/aromatic N) is 1. The van der Waals surface area contributed by atoms with Crippen LogP contribution in [0.3, 0.4) is 0 Å². The first-order chi connectivity index (χ1) is 12.0. The standard InChI is InChI=1S/C15H14F3N3O4S/c1-26(24,25)20-12-5-3-2-4-10(12)9-19-13-7-6-11(15(16,17)18)8-14(13)21(22)23/h2-8,19-20H,9H2,1H3. The van der Waals surface area contributed by atoms with Crippen molar-refractivity contribution in [3.05, 3.63) is 63.7 Å². The third kappa shape index (κ3) is 5.09. The molecule has 0 amide bonds. The van der Waals surface area contributed by atoms with Gasteiger partial charge in [-0.1, -0.05) is 18.2 Å². The molecule has 0 fully saturated rings. The van der Waals surface area contributed by atoms with Crippen LogP contribution in [-0.2, 0) is 22.7 Å². The minimum absolute atomic E-state index is 0.0368. The van der Waals surface area contributed by atoms with E-state index in [-0.39, 0.29) is 17.9 Å². The lowest BCUT2D eigenvalue weighted by Gasteiger charge is -2.13. The summed E-state index contributed by atoms with van der Waals surface area (Å²) in [6.45, 7) is -0.0368. The molecule has 0 spiro atoms. The van der Waals surface area contributed by atoms with Gasteiger partial charge in [-0.15, -0.1) is 0 Å². The van der Waals surface area contributed by atoms with Crippen LogP contribution in [0.25, 0.3) is 0 Å². The lowest BCUT2D eigenvalue weighted by molar-refractivity contribution is -0.384. The highest BCUT2D eigenvalue weighted by Crippen LogP contribution is 2.35. The van der Waals surface area contributed by atoms with E-state index in [1.807, 2.05) is 0 Å². The summed E-state index contributed by atoms with van der Waals surface area (Å²) >= 11 is 0. The minimum Gasteiger partial charge on any atom is -0.375 e. The van der Waals surface area contributed by atoms with Crippen molar-refractivity contribution in [1.82, 2.24) is 0 Å². The van der Waals surface area contributed by atoms with E-state index in [1.54, 1.807) is 18.2 Å². The maximum Gasteiger partial charge on any atom is 0.416 e. The molecule has 11 heteroatoms. The van der Waals surface area contributed by atoms with Crippen molar-refractivity contribution in [3.8, 4) is 0 Å². The number of para-hydroxylation sites is 1. The van der Waals surface area contributed by atoms with Crippen LogP contribution in [0.5, 0.6) is 0 Å². The number of halogens is 3. The molecule has 7 nitrogen and oxygen atoms in total. The molecule has 0 bridgehead atoms. The van der Waals surface area contributed by atoms with Crippen molar-refractivity contribution in [2.75, 3.05) is 16.3 Å². The lowest BCUT2D eigenvalue weighted by atomic mass is 10.1. The Kier molecular flexibility index (Phi) is 5.40. The fraction of sp³-hybridized carbons (Fsp3) is 0.200. The van der Waals surface area contributed by atoms with Crippen LogP contribution >= 0.6 is 0 Å². The van der Waals surface area contributed by atoms with Gasteiger partial charge in [0, 0.05) is 12.6 Å². The molecule has 140 valence electrons. The molecule has 2 rings (SSSR count). The van der Waals surface area contributed by atoms with Gasteiger partial charge in [-0.3, -0.25) is 14.8 Å². The zero-order valence-electron chi connectivity index (χ0n) is 13.4. The second-order valence-corrected chi connectivity index (χ2v) is 7.12. The molecule has 0 atom stereocenters. The number of hydrogen-bond donors (Lipinski definition) is 2. The van der Waals surface area contributed by atoms with Crippen molar-refractivity contribution in [1.29, 1.82) is 0 Å². The normalized spacial score (nSPS) is 11.8. The van der Waals surface area contributed by atoms with Gasteiger partial charge in [0.05, 0.1) is 22.4 Å². The highest BCUT2D eigenvalue weighted by atomic mass is 32.2. The number of nitrogens with one attached hydrogen (secondary N) is 2. The van der Waals surface area contributed by atoms with E-state index in [2.05, 4.69) is 10.0 Å². The molecule has 0 heterocycles. The Bertz CT molecular complexity index is 930. The molecule has 2 aromatic carbocycles. The quantitative estimate of drug-likeness (QED) is 0.581. The average Bonchev–Trinajstić information content (AvgIpc) is 2.51. The summed E-state index contributed by atoms with van der Waals surface area (Å²) in [5.41, 5.74) is -1.25. The van der Waals surface area contributed by atoms with Crippen molar-refractivity contribution in [2.24, 2.45) is 0 Å². The molecule has 2 aromatic rings. The molecular formula is C15H14F3N3O4S. The molecular weight excluding hydrogens is 375 g/mol. The number of anilines is 2. The average molecular weight is 389 g/mol. The second kappa shape index (κ2) is 7.20. The molecule has 0 aromatic heterocycles. The smallest absolute Gasteiger partial charge is 0.375 e. The fourth-order valence-electron chi connectivity index (χ4n) is 2.17. The number of nitro groups is 1. The summed E-state index contributed by atoms with van der Waals surface area (Å²) in [7, 11) is -3.54. The number of rotatable bonds is 6. The maximum absolute atomic E-state index is 12.7. The Balaban J connectivity index is 2.29. The predicted molar refractivity (Wildman–Crippen MR) is 90.3 cm³/mol. The van der Waals surface area contributed by atoms with E-state index in [1.165, 1.54) is 6.07 Å².